The molecule has 1 atom stereocenters. The number of amidine groups is 1. The lowest BCUT2D eigenvalue weighted by Crippen LogP contribution is -2.57. The summed E-state index contributed by atoms with van der Waals surface area (Å²) in [5.41, 5.74) is 1.45. The lowest BCUT2D eigenvalue weighted by atomic mass is 9.96. The molecule has 0 saturated carbocycles. The number of nitrogens with zero attached hydrogens (tertiary/aromatic N) is 2. The average molecular weight is 551 g/mol. The van der Waals surface area contributed by atoms with E-state index in [9.17, 15) is 9.59 Å². The fourth-order valence-corrected chi connectivity index (χ4v) is 5.33. The predicted octanol–water partition coefficient (Wildman–Crippen LogP) is 3.53. The minimum Gasteiger partial charge on any atom is -0.398 e. The number of hydrogen-bond donors (Lipinski definition) is 2. The van der Waals surface area contributed by atoms with Crippen LogP contribution in [0, 0.1) is 6.92 Å². The van der Waals surface area contributed by atoms with Crippen molar-refractivity contribution in [3.63, 3.8) is 0 Å². The maximum Gasteiger partial charge on any atom is 0.262 e. The fraction of sp³-hybridized carbons (Fsp3) is 0.435. The molecule has 1 aromatic heterocycles. The van der Waals surface area contributed by atoms with Crippen LogP contribution in [-0.4, -0.2) is 63.3 Å². The van der Waals surface area contributed by atoms with E-state index in [4.69, 9.17) is 14.3 Å². The first kappa shape index (κ1) is 24.6. The molecule has 2 saturated heterocycles. The third kappa shape index (κ3) is 5.43. The third-order valence-corrected chi connectivity index (χ3v) is 7.41. The lowest BCUT2D eigenvalue weighted by molar-refractivity contribution is -0.122. The van der Waals surface area contributed by atoms with Gasteiger partial charge >= 0.3 is 0 Å². The molecule has 2 N–H and O–H groups in total. The summed E-state index contributed by atoms with van der Waals surface area (Å²) in [6.45, 7) is 4.33. The first-order chi connectivity index (χ1) is 16.4. The van der Waals surface area contributed by atoms with Crippen molar-refractivity contribution in [1.29, 1.82) is 0 Å². The number of carbonyl (C=O) groups is 2. The van der Waals surface area contributed by atoms with E-state index in [1.165, 1.54) is 18.4 Å². The summed E-state index contributed by atoms with van der Waals surface area (Å²) in [6, 6.07) is 9.23. The lowest BCUT2D eigenvalue weighted by Gasteiger charge is -2.28. The van der Waals surface area contributed by atoms with Crippen LogP contribution in [0.2, 0.25) is 0 Å². The zero-order valence-corrected chi connectivity index (χ0v) is 21.5. The van der Waals surface area contributed by atoms with Crippen LogP contribution in [0.4, 0.5) is 11.4 Å². The van der Waals surface area contributed by atoms with Gasteiger partial charge in [0.1, 0.15) is 12.6 Å². The SMILES string of the molecule is CON=C1CCOCCN1c1ccc(NC(=O)C2(NC(=O)c3ccc(Br)s3)CCOC2)cc1C. The van der Waals surface area contributed by atoms with Crippen molar-refractivity contribution in [1.82, 2.24) is 5.32 Å². The number of rotatable bonds is 6. The molecular weight excluding hydrogens is 524 g/mol. The monoisotopic (exact) mass is 550 g/mol. The number of hydrogen-bond acceptors (Lipinski definition) is 7. The largest absolute Gasteiger partial charge is 0.398 e. The Morgan fingerprint density at radius 1 is 1.21 bits per heavy atom. The molecule has 0 bridgehead atoms. The number of amides is 2. The van der Waals surface area contributed by atoms with E-state index in [0.717, 1.165) is 20.9 Å². The van der Waals surface area contributed by atoms with Crippen molar-refractivity contribution < 1.29 is 23.9 Å². The molecule has 0 radical (unpaired) electrons. The molecule has 2 amide bonds. The van der Waals surface area contributed by atoms with Crippen LogP contribution in [0.3, 0.4) is 0 Å². The van der Waals surface area contributed by atoms with Crippen LogP contribution in [0.5, 0.6) is 0 Å². The third-order valence-electron chi connectivity index (χ3n) is 5.79. The van der Waals surface area contributed by atoms with Crippen molar-refractivity contribution in [2.75, 3.05) is 50.3 Å². The highest BCUT2D eigenvalue weighted by molar-refractivity contribution is 9.11. The number of anilines is 2. The number of ether oxygens (including phenoxy) is 2. The number of oxime groups is 1. The quantitative estimate of drug-likeness (QED) is 0.533. The molecular formula is C23H27BrN4O5S. The Morgan fingerprint density at radius 2 is 2.06 bits per heavy atom. The van der Waals surface area contributed by atoms with Crippen molar-refractivity contribution in [2.45, 2.75) is 25.3 Å². The zero-order chi connectivity index (χ0) is 24.1. The smallest absolute Gasteiger partial charge is 0.262 e. The summed E-state index contributed by atoms with van der Waals surface area (Å²) < 4.78 is 11.9. The van der Waals surface area contributed by atoms with Gasteiger partial charge < -0.3 is 29.8 Å². The topological polar surface area (TPSA) is 101 Å². The Hall–Kier alpha value is -2.47. The van der Waals surface area contributed by atoms with Crippen LogP contribution in [0.1, 0.15) is 28.1 Å². The summed E-state index contributed by atoms with van der Waals surface area (Å²) in [6.07, 6.45) is 1.05. The van der Waals surface area contributed by atoms with Crippen LogP contribution < -0.4 is 15.5 Å². The van der Waals surface area contributed by atoms with E-state index in [1.54, 1.807) is 12.1 Å². The number of aryl methyl sites for hydroxylation is 1. The van der Waals surface area contributed by atoms with Gasteiger partial charge in [0, 0.05) is 37.4 Å². The highest BCUT2D eigenvalue weighted by Gasteiger charge is 2.44. The van der Waals surface area contributed by atoms with E-state index in [2.05, 4.69) is 36.6 Å². The average Bonchev–Trinajstić information content (AvgIpc) is 3.40. The first-order valence-electron chi connectivity index (χ1n) is 10.9. The number of halogens is 1. The van der Waals surface area contributed by atoms with Crippen LogP contribution >= 0.6 is 27.3 Å². The van der Waals surface area contributed by atoms with Crippen LogP contribution in [0.15, 0.2) is 39.3 Å². The second kappa shape index (κ2) is 10.9. The standard InChI is InChI=1S/C23H27BrN4O5S/c1-15-13-16(3-4-17(15)28-9-12-32-10-7-20(28)27-31-2)25-22(30)23(8-11-33-14-23)26-21(29)18-5-6-19(24)34-18/h3-6,13H,7-12,14H2,1-2H3,(H,25,30)(H,26,29). The van der Waals surface area contributed by atoms with Crippen molar-refractivity contribution in [3.8, 4) is 0 Å². The highest BCUT2D eigenvalue weighted by Crippen LogP contribution is 2.28. The Balaban J connectivity index is 1.51. The number of thiophene rings is 1. The van der Waals surface area contributed by atoms with E-state index in [0.29, 0.717) is 49.8 Å². The number of benzene rings is 1. The van der Waals surface area contributed by atoms with Gasteiger partial charge in [-0.3, -0.25) is 9.59 Å². The Bertz CT molecular complexity index is 1080. The number of nitrogens with one attached hydrogen (secondary N) is 2. The molecule has 4 rings (SSSR count). The van der Waals surface area contributed by atoms with E-state index < -0.39 is 5.54 Å². The molecule has 1 aromatic carbocycles. The van der Waals surface area contributed by atoms with Gasteiger partial charge in [-0.05, 0) is 58.7 Å². The molecule has 182 valence electrons. The molecule has 2 fully saturated rings. The molecule has 0 spiro atoms. The highest BCUT2D eigenvalue weighted by atomic mass is 79.9. The second-order valence-corrected chi connectivity index (χ2v) is 10.6. The van der Waals surface area contributed by atoms with Crippen LogP contribution in [-0.2, 0) is 19.1 Å². The summed E-state index contributed by atoms with van der Waals surface area (Å²) >= 11 is 4.68. The molecule has 2 aromatic rings. The van der Waals surface area contributed by atoms with Gasteiger partial charge in [0.05, 0.1) is 28.5 Å². The number of carbonyl (C=O) groups excluding carboxylic acids is 2. The maximum absolute atomic E-state index is 13.3. The summed E-state index contributed by atoms with van der Waals surface area (Å²) in [5.74, 6) is 0.201. The Morgan fingerprint density at radius 3 is 2.74 bits per heavy atom. The van der Waals surface area contributed by atoms with Crippen LogP contribution in [0.25, 0.3) is 0 Å². The Kier molecular flexibility index (Phi) is 7.87. The molecule has 3 heterocycles. The van der Waals surface area contributed by atoms with Gasteiger partial charge in [-0.2, -0.15) is 0 Å². The normalized spacial score (nSPS) is 21.9. The van der Waals surface area contributed by atoms with Gasteiger partial charge in [0.2, 0.25) is 0 Å². The zero-order valence-electron chi connectivity index (χ0n) is 19.1. The summed E-state index contributed by atoms with van der Waals surface area (Å²) in [7, 11) is 1.53. The van der Waals surface area contributed by atoms with E-state index in [1.807, 2.05) is 25.1 Å². The van der Waals surface area contributed by atoms with E-state index in [-0.39, 0.29) is 18.4 Å². The van der Waals surface area contributed by atoms with Gasteiger partial charge in [-0.1, -0.05) is 5.16 Å². The second-order valence-electron chi connectivity index (χ2n) is 8.10. The van der Waals surface area contributed by atoms with Crippen molar-refractivity contribution in [3.05, 3.63) is 44.6 Å². The summed E-state index contributed by atoms with van der Waals surface area (Å²) in [5, 5.41) is 10.0. The minimum atomic E-state index is -1.12. The molecule has 11 heteroatoms. The van der Waals surface area contributed by atoms with E-state index >= 15 is 0 Å². The molecule has 2 aliphatic rings. The van der Waals surface area contributed by atoms with Crippen molar-refractivity contribution in [2.24, 2.45) is 5.16 Å². The fourth-order valence-electron chi connectivity index (χ4n) is 4.05. The van der Waals surface area contributed by atoms with Gasteiger partial charge in [-0.25, -0.2) is 0 Å². The van der Waals surface area contributed by atoms with Gasteiger partial charge in [0.15, 0.2) is 5.84 Å². The van der Waals surface area contributed by atoms with Gasteiger partial charge in [-0.15, -0.1) is 11.3 Å². The molecule has 34 heavy (non-hydrogen) atoms. The van der Waals surface area contributed by atoms with Crippen molar-refractivity contribution >= 4 is 56.3 Å². The molecule has 1 unspecified atom stereocenters. The van der Waals surface area contributed by atoms with Gasteiger partial charge in [0.25, 0.3) is 11.8 Å². The molecule has 2 aliphatic heterocycles. The summed E-state index contributed by atoms with van der Waals surface area (Å²) in [4.78, 5) is 33.7. The minimum absolute atomic E-state index is 0.124. The Labute approximate surface area is 210 Å². The first-order valence-corrected chi connectivity index (χ1v) is 12.6. The maximum atomic E-state index is 13.3. The molecule has 9 nitrogen and oxygen atoms in total. The predicted molar refractivity (Wildman–Crippen MR) is 135 cm³/mol. The molecule has 0 aliphatic carbocycles.